The van der Waals surface area contributed by atoms with Crippen molar-refractivity contribution >= 4 is 17.0 Å². The Morgan fingerprint density at radius 3 is 3.17 bits per heavy atom. The number of fused-ring (bicyclic) bond motifs is 1. The molecular weight excluding hydrogens is 158 g/mol. The van der Waals surface area contributed by atoms with Gasteiger partial charge in [-0.25, -0.2) is 14.8 Å². The van der Waals surface area contributed by atoms with Crippen molar-refractivity contribution < 1.29 is 9.90 Å². The van der Waals surface area contributed by atoms with Crippen LogP contribution in [0.2, 0.25) is 0 Å². The van der Waals surface area contributed by atoms with E-state index in [1.807, 2.05) is 0 Å². The first-order valence-electron chi connectivity index (χ1n) is 3.31. The highest BCUT2D eigenvalue weighted by Crippen LogP contribution is 2.06. The summed E-state index contributed by atoms with van der Waals surface area (Å²) in [6, 6.07) is 1.70. The summed E-state index contributed by atoms with van der Waals surface area (Å²) in [4.78, 5) is 20.7. The molecule has 0 fully saturated rings. The molecular formula is C7H5N3O2. The first-order chi connectivity index (χ1) is 5.77. The molecule has 0 radical (unpaired) electrons. The molecule has 5 heteroatoms. The number of hydrogen-bond acceptors (Lipinski definition) is 3. The Balaban J connectivity index is 2.68. The van der Waals surface area contributed by atoms with E-state index in [2.05, 4.69) is 15.0 Å². The van der Waals surface area contributed by atoms with E-state index in [1.54, 1.807) is 12.3 Å². The third-order valence-corrected chi connectivity index (χ3v) is 1.49. The SMILES string of the molecule is O=C(O)c1ncc2[nH]ccc2n1. The van der Waals surface area contributed by atoms with Crippen LogP contribution in [-0.4, -0.2) is 26.0 Å². The molecule has 60 valence electrons. The molecule has 2 rings (SSSR count). The van der Waals surface area contributed by atoms with Crippen LogP contribution in [0.4, 0.5) is 0 Å². The average molecular weight is 163 g/mol. The number of carboxylic acid groups (broad SMARTS) is 1. The van der Waals surface area contributed by atoms with E-state index in [4.69, 9.17) is 5.11 Å². The molecule has 2 heterocycles. The van der Waals surface area contributed by atoms with E-state index in [0.29, 0.717) is 5.52 Å². The zero-order chi connectivity index (χ0) is 8.55. The lowest BCUT2D eigenvalue weighted by Crippen LogP contribution is -2.02. The van der Waals surface area contributed by atoms with Crippen LogP contribution >= 0.6 is 0 Å². The summed E-state index contributed by atoms with van der Waals surface area (Å²) >= 11 is 0. The second-order valence-corrected chi connectivity index (χ2v) is 2.28. The summed E-state index contributed by atoms with van der Waals surface area (Å²) in [6.07, 6.45) is 3.14. The molecule has 0 aliphatic rings. The maximum atomic E-state index is 10.4. The van der Waals surface area contributed by atoms with E-state index in [1.165, 1.54) is 6.20 Å². The number of aromatic amines is 1. The van der Waals surface area contributed by atoms with Gasteiger partial charge in [0.05, 0.1) is 17.2 Å². The van der Waals surface area contributed by atoms with Gasteiger partial charge in [0, 0.05) is 6.20 Å². The lowest BCUT2D eigenvalue weighted by atomic mass is 10.4. The van der Waals surface area contributed by atoms with Gasteiger partial charge in [-0.2, -0.15) is 0 Å². The highest BCUT2D eigenvalue weighted by Gasteiger charge is 2.06. The Hall–Kier alpha value is -1.91. The van der Waals surface area contributed by atoms with Gasteiger partial charge in [0.2, 0.25) is 5.82 Å². The number of nitrogens with one attached hydrogen (secondary N) is 1. The predicted octanol–water partition coefficient (Wildman–Crippen LogP) is 0.656. The predicted molar refractivity (Wildman–Crippen MR) is 40.8 cm³/mol. The monoisotopic (exact) mass is 163 g/mol. The molecule has 2 aromatic rings. The van der Waals surface area contributed by atoms with Crippen molar-refractivity contribution in [3.63, 3.8) is 0 Å². The molecule has 12 heavy (non-hydrogen) atoms. The van der Waals surface area contributed by atoms with Crippen LogP contribution in [0, 0.1) is 0 Å². The zero-order valence-corrected chi connectivity index (χ0v) is 5.98. The van der Waals surface area contributed by atoms with Crippen molar-refractivity contribution in [3.05, 3.63) is 24.3 Å². The summed E-state index contributed by atoms with van der Waals surface area (Å²) < 4.78 is 0. The molecule has 0 amide bonds. The van der Waals surface area contributed by atoms with Gasteiger partial charge in [-0.05, 0) is 6.07 Å². The van der Waals surface area contributed by atoms with Gasteiger partial charge in [-0.3, -0.25) is 0 Å². The minimum atomic E-state index is -1.11. The van der Waals surface area contributed by atoms with Gasteiger partial charge in [0.25, 0.3) is 0 Å². The Morgan fingerprint density at radius 1 is 1.58 bits per heavy atom. The number of aromatic carboxylic acids is 1. The van der Waals surface area contributed by atoms with Crippen LogP contribution in [0.25, 0.3) is 11.0 Å². The van der Waals surface area contributed by atoms with Crippen LogP contribution in [0.15, 0.2) is 18.5 Å². The third kappa shape index (κ3) is 0.914. The number of aromatic nitrogens is 3. The summed E-state index contributed by atoms with van der Waals surface area (Å²) in [5.41, 5.74) is 1.35. The molecule has 0 atom stereocenters. The minimum Gasteiger partial charge on any atom is -0.475 e. The van der Waals surface area contributed by atoms with Gasteiger partial charge in [-0.15, -0.1) is 0 Å². The van der Waals surface area contributed by atoms with E-state index in [0.717, 1.165) is 5.52 Å². The van der Waals surface area contributed by atoms with Gasteiger partial charge >= 0.3 is 5.97 Å². The quantitative estimate of drug-likeness (QED) is 0.647. The fraction of sp³-hybridized carbons (Fsp3) is 0. The maximum Gasteiger partial charge on any atom is 0.373 e. The highest BCUT2D eigenvalue weighted by atomic mass is 16.4. The lowest BCUT2D eigenvalue weighted by Gasteiger charge is -1.91. The number of hydrogen-bond donors (Lipinski definition) is 2. The molecule has 2 N–H and O–H groups in total. The van der Waals surface area contributed by atoms with Crippen molar-refractivity contribution in [1.82, 2.24) is 15.0 Å². The maximum absolute atomic E-state index is 10.4. The van der Waals surface area contributed by atoms with E-state index in [9.17, 15) is 4.79 Å². The Labute approximate surface area is 67.1 Å². The molecule has 5 nitrogen and oxygen atoms in total. The van der Waals surface area contributed by atoms with Crippen LogP contribution in [-0.2, 0) is 0 Å². The van der Waals surface area contributed by atoms with Crippen molar-refractivity contribution in [2.75, 3.05) is 0 Å². The van der Waals surface area contributed by atoms with Gasteiger partial charge < -0.3 is 10.1 Å². The lowest BCUT2D eigenvalue weighted by molar-refractivity contribution is 0.0684. The van der Waals surface area contributed by atoms with Crippen LogP contribution in [0.5, 0.6) is 0 Å². The number of carbonyl (C=O) groups is 1. The standard InChI is InChI=1S/C7H5N3O2/c11-7(12)6-9-3-5-4(10-6)1-2-8-5/h1-3,8H,(H,11,12). The third-order valence-electron chi connectivity index (χ3n) is 1.49. The van der Waals surface area contributed by atoms with E-state index in [-0.39, 0.29) is 5.82 Å². The van der Waals surface area contributed by atoms with Gasteiger partial charge in [-0.1, -0.05) is 0 Å². The van der Waals surface area contributed by atoms with E-state index >= 15 is 0 Å². The fourth-order valence-electron chi connectivity index (χ4n) is 0.947. The molecule has 0 spiro atoms. The van der Waals surface area contributed by atoms with Gasteiger partial charge in [0.1, 0.15) is 0 Å². The van der Waals surface area contributed by atoms with Crippen molar-refractivity contribution in [2.24, 2.45) is 0 Å². The number of carboxylic acids is 1. The Morgan fingerprint density at radius 2 is 2.42 bits per heavy atom. The summed E-state index contributed by atoms with van der Waals surface area (Å²) in [7, 11) is 0. The van der Waals surface area contributed by atoms with Crippen molar-refractivity contribution in [2.45, 2.75) is 0 Å². The molecule has 0 unspecified atom stereocenters. The normalized spacial score (nSPS) is 10.3. The molecule has 0 aliphatic carbocycles. The number of nitrogens with zero attached hydrogens (tertiary/aromatic N) is 2. The summed E-state index contributed by atoms with van der Waals surface area (Å²) in [5.74, 6) is -1.29. The summed E-state index contributed by atoms with van der Waals surface area (Å²) in [6.45, 7) is 0. The molecule has 0 aliphatic heterocycles. The van der Waals surface area contributed by atoms with Crippen molar-refractivity contribution in [1.29, 1.82) is 0 Å². The van der Waals surface area contributed by atoms with Crippen LogP contribution < -0.4 is 0 Å². The molecule has 0 aromatic carbocycles. The first kappa shape index (κ1) is 6.78. The minimum absolute atomic E-state index is 0.179. The Kier molecular flexibility index (Phi) is 1.30. The first-order valence-corrected chi connectivity index (χ1v) is 3.31. The van der Waals surface area contributed by atoms with Gasteiger partial charge in [0.15, 0.2) is 0 Å². The smallest absolute Gasteiger partial charge is 0.373 e. The van der Waals surface area contributed by atoms with E-state index < -0.39 is 5.97 Å². The fourth-order valence-corrected chi connectivity index (χ4v) is 0.947. The topological polar surface area (TPSA) is 78.9 Å². The molecule has 0 saturated heterocycles. The largest absolute Gasteiger partial charge is 0.475 e. The molecule has 0 saturated carbocycles. The number of H-pyrrole nitrogens is 1. The average Bonchev–Trinajstić information content (AvgIpc) is 2.49. The molecule has 2 aromatic heterocycles. The van der Waals surface area contributed by atoms with Crippen LogP contribution in [0.1, 0.15) is 10.6 Å². The Bertz CT molecular complexity index is 435. The highest BCUT2D eigenvalue weighted by molar-refractivity contribution is 5.86. The summed E-state index contributed by atoms with van der Waals surface area (Å²) in [5, 5.41) is 8.55. The van der Waals surface area contributed by atoms with Crippen LogP contribution in [0.3, 0.4) is 0 Å². The molecule has 0 bridgehead atoms. The number of rotatable bonds is 1. The van der Waals surface area contributed by atoms with Crippen molar-refractivity contribution in [3.8, 4) is 0 Å². The second kappa shape index (κ2) is 2.30. The second-order valence-electron chi connectivity index (χ2n) is 2.28. The zero-order valence-electron chi connectivity index (χ0n) is 5.98.